The molecule has 1 aliphatic heterocycles. The van der Waals surface area contributed by atoms with Gasteiger partial charge < -0.3 is 15.4 Å². The summed E-state index contributed by atoms with van der Waals surface area (Å²) in [4.78, 5) is 26.0. The SMILES string of the molecule is CC(C)CC(NC(=O)C(OC(=O)Nc1ccc(Cl)cc1)c1ccccc1)C1CCNCC1. The van der Waals surface area contributed by atoms with Gasteiger partial charge in [-0.15, -0.1) is 0 Å². The van der Waals surface area contributed by atoms with E-state index in [1.54, 1.807) is 36.4 Å². The average molecular weight is 458 g/mol. The Hall–Kier alpha value is -2.57. The molecule has 0 aromatic heterocycles. The molecule has 2 atom stereocenters. The van der Waals surface area contributed by atoms with E-state index >= 15 is 0 Å². The first-order valence-corrected chi connectivity index (χ1v) is 11.6. The molecule has 1 fully saturated rings. The van der Waals surface area contributed by atoms with Crippen LogP contribution in [0.4, 0.5) is 10.5 Å². The minimum Gasteiger partial charge on any atom is -0.431 e. The molecule has 0 aliphatic carbocycles. The molecular weight excluding hydrogens is 426 g/mol. The largest absolute Gasteiger partial charge is 0.431 e. The minimum atomic E-state index is -1.04. The second kappa shape index (κ2) is 11.9. The summed E-state index contributed by atoms with van der Waals surface area (Å²) in [5.74, 6) is 0.549. The molecule has 6 nitrogen and oxygen atoms in total. The monoisotopic (exact) mass is 457 g/mol. The van der Waals surface area contributed by atoms with Crippen molar-refractivity contribution in [3.63, 3.8) is 0 Å². The Morgan fingerprint density at radius 2 is 1.72 bits per heavy atom. The number of piperidine rings is 1. The minimum absolute atomic E-state index is 0.0405. The van der Waals surface area contributed by atoms with Crippen molar-refractivity contribution < 1.29 is 14.3 Å². The molecule has 2 unspecified atom stereocenters. The fourth-order valence-electron chi connectivity index (χ4n) is 4.07. The molecule has 0 bridgehead atoms. The molecule has 0 saturated carbocycles. The van der Waals surface area contributed by atoms with Gasteiger partial charge in [0.25, 0.3) is 5.91 Å². The number of hydrogen-bond donors (Lipinski definition) is 3. The molecule has 1 saturated heterocycles. The van der Waals surface area contributed by atoms with E-state index in [0.717, 1.165) is 32.4 Å². The Bertz CT molecular complexity index is 868. The predicted octanol–water partition coefficient (Wildman–Crippen LogP) is 5.16. The first-order chi connectivity index (χ1) is 15.4. The lowest BCUT2D eigenvalue weighted by Gasteiger charge is -2.33. The smallest absolute Gasteiger partial charge is 0.412 e. The molecule has 7 heteroatoms. The second-order valence-electron chi connectivity index (χ2n) is 8.66. The Balaban J connectivity index is 1.73. The normalized spacial score (nSPS) is 16.2. The summed E-state index contributed by atoms with van der Waals surface area (Å²) < 4.78 is 5.62. The van der Waals surface area contributed by atoms with Crippen LogP contribution in [0.15, 0.2) is 54.6 Å². The van der Waals surface area contributed by atoms with Gasteiger partial charge in [-0.3, -0.25) is 10.1 Å². The zero-order chi connectivity index (χ0) is 22.9. The van der Waals surface area contributed by atoms with E-state index in [0.29, 0.717) is 28.1 Å². The number of halogens is 1. The summed E-state index contributed by atoms with van der Waals surface area (Å²) in [5, 5.41) is 9.82. The lowest BCUT2D eigenvalue weighted by Crippen LogP contribution is -2.47. The molecule has 3 rings (SSSR count). The van der Waals surface area contributed by atoms with Gasteiger partial charge in [0.1, 0.15) is 0 Å². The van der Waals surface area contributed by atoms with Crippen molar-refractivity contribution in [1.29, 1.82) is 0 Å². The van der Waals surface area contributed by atoms with Crippen molar-refractivity contribution in [3.8, 4) is 0 Å². The standard InChI is InChI=1S/C25H32ClN3O3/c1-17(2)16-22(18-12-14-27-15-13-18)29-24(30)23(19-6-4-3-5-7-19)32-25(31)28-21-10-8-20(26)9-11-21/h3-11,17-18,22-23,27H,12-16H2,1-2H3,(H,28,31)(H,29,30). The quantitative estimate of drug-likeness (QED) is 0.511. The van der Waals surface area contributed by atoms with Crippen LogP contribution in [-0.2, 0) is 9.53 Å². The van der Waals surface area contributed by atoms with Gasteiger partial charge in [-0.25, -0.2) is 4.79 Å². The molecule has 1 heterocycles. The van der Waals surface area contributed by atoms with Crippen molar-refractivity contribution in [3.05, 3.63) is 65.2 Å². The topological polar surface area (TPSA) is 79.5 Å². The van der Waals surface area contributed by atoms with Crippen LogP contribution < -0.4 is 16.0 Å². The summed E-state index contributed by atoms with van der Waals surface area (Å²) in [6, 6.07) is 15.9. The third kappa shape index (κ3) is 7.24. The molecule has 0 spiro atoms. The van der Waals surface area contributed by atoms with E-state index in [-0.39, 0.29) is 11.9 Å². The van der Waals surface area contributed by atoms with Crippen LogP contribution in [-0.4, -0.2) is 31.1 Å². The highest BCUT2D eigenvalue weighted by molar-refractivity contribution is 6.30. The highest BCUT2D eigenvalue weighted by Gasteiger charge is 2.31. The van der Waals surface area contributed by atoms with Gasteiger partial charge in [-0.2, -0.15) is 0 Å². The van der Waals surface area contributed by atoms with Gasteiger partial charge in [-0.05, 0) is 68.5 Å². The number of hydrogen-bond acceptors (Lipinski definition) is 4. The van der Waals surface area contributed by atoms with Gasteiger partial charge in [0.05, 0.1) is 0 Å². The Morgan fingerprint density at radius 1 is 1.06 bits per heavy atom. The van der Waals surface area contributed by atoms with Crippen LogP contribution >= 0.6 is 11.6 Å². The molecule has 32 heavy (non-hydrogen) atoms. The molecule has 2 aromatic carbocycles. The Morgan fingerprint density at radius 3 is 2.34 bits per heavy atom. The molecule has 0 radical (unpaired) electrons. The summed E-state index contributed by atoms with van der Waals surface area (Å²) in [5.41, 5.74) is 1.17. The van der Waals surface area contributed by atoms with Crippen molar-refractivity contribution in [2.45, 2.75) is 45.3 Å². The van der Waals surface area contributed by atoms with E-state index in [2.05, 4.69) is 29.8 Å². The first kappa shape index (κ1) is 24.1. The molecule has 2 amide bonds. The van der Waals surface area contributed by atoms with Gasteiger partial charge in [0, 0.05) is 22.3 Å². The Labute approximate surface area is 195 Å². The molecular formula is C25H32ClN3O3. The fraction of sp³-hybridized carbons (Fsp3) is 0.440. The van der Waals surface area contributed by atoms with E-state index < -0.39 is 12.2 Å². The van der Waals surface area contributed by atoms with Gasteiger partial charge >= 0.3 is 6.09 Å². The van der Waals surface area contributed by atoms with Crippen LogP contribution in [0, 0.1) is 11.8 Å². The molecule has 3 N–H and O–H groups in total. The number of amides is 2. The predicted molar refractivity (Wildman–Crippen MR) is 128 cm³/mol. The first-order valence-electron chi connectivity index (χ1n) is 11.2. The van der Waals surface area contributed by atoms with Crippen molar-refractivity contribution >= 4 is 29.3 Å². The van der Waals surface area contributed by atoms with Gasteiger partial charge in [0.15, 0.2) is 0 Å². The van der Waals surface area contributed by atoms with Gasteiger partial charge in [-0.1, -0.05) is 55.8 Å². The number of anilines is 1. The van der Waals surface area contributed by atoms with Crippen LogP contribution in [0.3, 0.4) is 0 Å². The number of benzene rings is 2. The summed E-state index contributed by atoms with van der Waals surface area (Å²) in [6.07, 6.45) is 1.19. The lowest BCUT2D eigenvalue weighted by molar-refractivity contribution is -0.131. The maximum absolute atomic E-state index is 13.4. The number of rotatable bonds is 8. The van der Waals surface area contributed by atoms with Crippen LogP contribution in [0.5, 0.6) is 0 Å². The lowest BCUT2D eigenvalue weighted by atomic mass is 9.85. The molecule has 2 aromatic rings. The third-order valence-corrected chi connectivity index (χ3v) is 5.91. The number of carbonyl (C=O) groups excluding carboxylic acids is 2. The van der Waals surface area contributed by atoms with Crippen molar-refractivity contribution in [2.24, 2.45) is 11.8 Å². The molecule has 172 valence electrons. The maximum atomic E-state index is 13.4. The average Bonchev–Trinajstić information content (AvgIpc) is 2.79. The van der Waals surface area contributed by atoms with Crippen molar-refractivity contribution in [1.82, 2.24) is 10.6 Å². The van der Waals surface area contributed by atoms with E-state index in [4.69, 9.17) is 16.3 Å². The highest BCUT2D eigenvalue weighted by Crippen LogP contribution is 2.25. The Kier molecular flexibility index (Phi) is 8.94. The second-order valence-corrected chi connectivity index (χ2v) is 9.10. The van der Waals surface area contributed by atoms with Crippen molar-refractivity contribution in [2.75, 3.05) is 18.4 Å². The third-order valence-electron chi connectivity index (χ3n) is 5.66. The zero-order valence-corrected chi connectivity index (χ0v) is 19.4. The number of nitrogens with one attached hydrogen (secondary N) is 3. The summed E-state index contributed by atoms with van der Waals surface area (Å²) >= 11 is 5.90. The van der Waals surface area contributed by atoms with E-state index in [1.807, 2.05) is 18.2 Å². The molecule has 1 aliphatic rings. The fourth-order valence-corrected chi connectivity index (χ4v) is 4.20. The summed E-state index contributed by atoms with van der Waals surface area (Å²) in [7, 11) is 0. The van der Waals surface area contributed by atoms with Crippen LogP contribution in [0.2, 0.25) is 5.02 Å². The zero-order valence-electron chi connectivity index (χ0n) is 18.6. The highest BCUT2D eigenvalue weighted by atomic mass is 35.5. The maximum Gasteiger partial charge on any atom is 0.412 e. The van der Waals surface area contributed by atoms with Crippen LogP contribution in [0.25, 0.3) is 0 Å². The van der Waals surface area contributed by atoms with Gasteiger partial charge in [0.2, 0.25) is 6.10 Å². The number of carbonyl (C=O) groups is 2. The summed E-state index contributed by atoms with van der Waals surface area (Å²) in [6.45, 7) is 6.23. The number of ether oxygens (including phenoxy) is 1. The van der Waals surface area contributed by atoms with Crippen LogP contribution in [0.1, 0.15) is 44.8 Å². The van der Waals surface area contributed by atoms with E-state index in [1.165, 1.54) is 0 Å². The van der Waals surface area contributed by atoms with E-state index in [9.17, 15) is 9.59 Å².